The Balaban J connectivity index is 2.62. The van der Waals surface area contributed by atoms with Gasteiger partial charge >= 0.3 is 0 Å². The van der Waals surface area contributed by atoms with Crippen molar-refractivity contribution in [2.75, 3.05) is 6.54 Å². The molecule has 0 aliphatic heterocycles. The zero-order valence-corrected chi connectivity index (χ0v) is 8.75. The van der Waals surface area contributed by atoms with Gasteiger partial charge in [0.25, 0.3) is 5.91 Å². The second-order valence-corrected chi connectivity index (χ2v) is 3.33. The molecule has 0 fully saturated rings. The van der Waals surface area contributed by atoms with Crippen molar-refractivity contribution in [2.45, 2.75) is 13.8 Å². The maximum absolute atomic E-state index is 13.0. The highest BCUT2D eigenvalue weighted by atomic mass is 19.1. The maximum Gasteiger partial charge on any atom is 0.256 e. The van der Waals surface area contributed by atoms with Crippen LogP contribution in [-0.4, -0.2) is 17.4 Å². The number of nitrogens with one attached hydrogen (secondary N) is 1. The molecule has 0 unspecified atom stereocenters. The molecule has 0 atom stereocenters. The number of carbonyl (C=O) groups excluding carboxylic acids is 1. The Kier molecular flexibility index (Phi) is 3.97. The van der Waals surface area contributed by atoms with Crippen LogP contribution in [0.4, 0.5) is 4.39 Å². The van der Waals surface area contributed by atoms with Crippen LogP contribution in [-0.2, 0) is 0 Å². The lowest BCUT2D eigenvalue weighted by atomic mass is 10.2. The summed E-state index contributed by atoms with van der Waals surface area (Å²) in [5, 5.41) is 2.58. The SMILES string of the molecule is CC(C)=CCNC(=O)c1cccnc1F. The number of pyridine rings is 1. The smallest absolute Gasteiger partial charge is 0.256 e. The molecule has 1 aromatic heterocycles. The second-order valence-electron chi connectivity index (χ2n) is 3.33. The fraction of sp³-hybridized carbons (Fsp3) is 0.273. The van der Waals surface area contributed by atoms with Crippen molar-refractivity contribution in [3.05, 3.63) is 41.5 Å². The fourth-order valence-electron chi connectivity index (χ4n) is 0.998. The van der Waals surface area contributed by atoms with Gasteiger partial charge in [-0.2, -0.15) is 4.39 Å². The highest BCUT2D eigenvalue weighted by molar-refractivity contribution is 5.94. The summed E-state index contributed by atoms with van der Waals surface area (Å²) in [6.07, 6.45) is 3.16. The van der Waals surface area contributed by atoms with Crippen LogP contribution in [0.25, 0.3) is 0 Å². The van der Waals surface area contributed by atoms with E-state index in [0.717, 1.165) is 5.57 Å². The van der Waals surface area contributed by atoms with Crippen LogP contribution in [0, 0.1) is 5.95 Å². The van der Waals surface area contributed by atoms with E-state index >= 15 is 0 Å². The van der Waals surface area contributed by atoms with Crippen molar-refractivity contribution < 1.29 is 9.18 Å². The van der Waals surface area contributed by atoms with Crippen LogP contribution in [0.3, 0.4) is 0 Å². The molecule has 3 nitrogen and oxygen atoms in total. The molecule has 0 aliphatic rings. The molecule has 1 rings (SSSR count). The number of hydrogen-bond donors (Lipinski definition) is 1. The molecule has 0 aromatic carbocycles. The van der Waals surface area contributed by atoms with Gasteiger partial charge in [0.2, 0.25) is 5.95 Å². The molecule has 0 bridgehead atoms. The molecule has 0 radical (unpaired) electrons. The van der Waals surface area contributed by atoms with Crippen molar-refractivity contribution in [1.82, 2.24) is 10.3 Å². The third-order valence-corrected chi connectivity index (χ3v) is 1.78. The van der Waals surface area contributed by atoms with E-state index < -0.39 is 11.9 Å². The summed E-state index contributed by atoms with van der Waals surface area (Å²) >= 11 is 0. The van der Waals surface area contributed by atoms with Gasteiger partial charge in [0.15, 0.2) is 0 Å². The van der Waals surface area contributed by atoms with E-state index in [9.17, 15) is 9.18 Å². The van der Waals surface area contributed by atoms with Gasteiger partial charge in [-0.15, -0.1) is 0 Å². The number of amides is 1. The van der Waals surface area contributed by atoms with Crippen LogP contribution in [0.2, 0.25) is 0 Å². The molecule has 0 spiro atoms. The van der Waals surface area contributed by atoms with E-state index in [2.05, 4.69) is 10.3 Å². The average Bonchev–Trinajstić information content (AvgIpc) is 2.17. The van der Waals surface area contributed by atoms with Crippen LogP contribution < -0.4 is 5.32 Å². The van der Waals surface area contributed by atoms with Crippen LogP contribution in [0.15, 0.2) is 30.0 Å². The lowest BCUT2D eigenvalue weighted by Crippen LogP contribution is -2.24. The summed E-state index contributed by atoms with van der Waals surface area (Å²) in [5.74, 6) is -1.19. The highest BCUT2D eigenvalue weighted by Gasteiger charge is 2.10. The minimum atomic E-state index is -0.743. The van der Waals surface area contributed by atoms with E-state index in [1.807, 2.05) is 19.9 Å². The molecule has 1 N–H and O–H groups in total. The zero-order chi connectivity index (χ0) is 11.3. The van der Waals surface area contributed by atoms with Gasteiger partial charge in [-0.3, -0.25) is 4.79 Å². The Morgan fingerprint density at radius 3 is 2.93 bits per heavy atom. The van der Waals surface area contributed by atoms with Gasteiger partial charge in [-0.05, 0) is 26.0 Å². The van der Waals surface area contributed by atoms with E-state index in [-0.39, 0.29) is 5.56 Å². The number of carbonyl (C=O) groups is 1. The first-order valence-electron chi connectivity index (χ1n) is 4.63. The maximum atomic E-state index is 13.0. The minimum Gasteiger partial charge on any atom is -0.348 e. The number of hydrogen-bond acceptors (Lipinski definition) is 2. The first kappa shape index (κ1) is 11.4. The topological polar surface area (TPSA) is 42.0 Å². The summed E-state index contributed by atoms with van der Waals surface area (Å²) < 4.78 is 13.0. The molecular weight excluding hydrogens is 195 g/mol. The largest absolute Gasteiger partial charge is 0.348 e. The Labute approximate surface area is 88.0 Å². The standard InChI is InChI=1S/C11H13FN2O/c1-8(2)5-7-14-11(15)9-4-3-6-13-10(9)12/h3-6H,7H2,1-2H3,(H,14,15). The summed E-state index contributed by atoms with van der Waals surface area (Å²) in [4.78, 5) is 14.8. The van der Waals surface area contributed by atoms with E-state index in [1.54, 1.807) is 0 Å². The Morgan fingerprint density at radius 1 is 1.60 bits per heavy atom. The summed E-state index contributed by atoms with van der Waals surface area (Å²) in [6.45, 7) is 4.25. The predicted octanol–water partition coefficient (Wildman–Crippen LogP) is 1.92. The number of nitrogens with zero attached hydrogens (tertiary/aromatic N) is 1. The fourth-order valence-corrected chi connectivity index (χ4v) is 0.998. The Hall–Kier alpha value is -1.71. The first-order valence-corrected chi connectivity index (χ1v) is 4.63. The number of aromatic nitrogens is 1. The van der Waals surface area contributed by atoms with Crippen molar-refractivity contribution in [1.29, 1.82) is 0 Å². The summed E-state index contributed by atoms with van der Waals surface area (Å²) in [5.41, 5.74) is 1.07. The normalized spacial score (nSPS) is 9.53. The summed E-state index contributed by atoms with van der Waals surface area (Å²) in [7, 11) is 0. The van der Waals surface area contributed by atoms with E-state index in [0.29, 0.717) is 6.54 Å². The predicted molar refractivity (Wildman–Crippen MR) is 56.0 cm³/mol. The highest BCUT2D eigenvalue weighted by Crippen LogP contribution is 2.02. The van der Waals surface area contributed by atoms with Crippen molar-refractivity contribution in [3.63, 3.8) is 0 Å². The van der Waals surface area contributed by atoms with Gasteiger partial charge < -0.3 is 5.32 Å². The lowest BCUT2D eigenvalue weighted by molar-refractivity contribution is 0.0953. The van der Waals surface area contributed by atoms with E-state index in [1.165, 1.54) is 18.3 Å². The lowest BCUT2D eigenvalue weighted by Gasteiger charge is -2.02. The molecule has 80 valence electrons. The zero-order valence-electron chi connectivity index (χ0n) is 8.75. The molecule has 0 saturated carbocycles. The van der Waals surface area contributed by atoms with Gasteiger partial charge in [-0.25, -0.2) is 4.98 Å². The monoisotopic (exact) mass is 208 g/mol. The van der Waals surface area contributed by atoms with Gasteiger partial charge in [-0.1, -0.05) is 11.6 Å². The van der Waals surface area contributed by atoms with Crippen molar-refractivity contribution in [2.24, 2.45) is 0 Å². The van der Waals surface area contributed by atoms with Crippen molar-refractivity contribution in [3.8, 4) is 0 Å². The third kappa shape index (κ3) is 3.50. The van der Waals surface area contributed by atoms with Gasteiger partial charge in [0.1, 0.15) is 0 Å². The van der Waals surface area contributed by atoms with Crippen LogP contribution in [0.5, 0.6) is 0 Å². The van der Waals surface area contributed by atoms with Crippen LogP contribution in [0.1, 0.15) is 24.2 Å². The molecule has 4 heteroatoms. The molecule has 1 amide bonds. The van der Waals surface area contributed by atoms with E-state index in [4.69, 9.17) is 0 Å². The molecule has 0 aliphatic carbocycles. The Morgan fingerprint density at radius 2 is 2.33 bits per heavy atom. The minimum absolute atomic E-state index is 0.0281. The number of allylic oxidation sites excluding steroid dienone is 1. The molecule has 1 heterocycles. The number of rotatable bonds is 3. The molecular formula is C11H13FN2O. The summed E-state index contributed by atoms with van der Waals surface area (Å²) in [6, 6.07) is 2.93. The molecule has 1 aromatic rings. The average molecular weight is 208 g/mol. The first-order chi connectivity index (χ1) is 7.11. The van der Waals surface area contributed by atoms with Gasteiger partial charge in [0, 0.05) is 12.7 Å². The second kappa shape index (κ2) is 5.24. The molecule has 15 heavy (non-hydrogen) atoms. The molecule has 0 saturated heterocycles. The van der Waals surface area contributed by atoms with Crippen LogP contribution >= 0.6 is 0 Å². The number of halogens is 1. The quantitative estimate of drug-likeness (QED) is 0.609. The third-order valence-electron chi connectivity index (χ3n) is 1.78. The Bertz CT molecular complexity index is 384. The van der Waals surface area contributed by atoms with Crippen molar-refractivity contribution >= 4 is 5.91 Å². The van der Waals surface area contributed by atoms with Gasteiger partial charge in [0.05, 0.1) is 5.56 Å².